The van der Waals surface area contributed by atoms with Crippen molar-refractivity contribution in [1.29, 1.82) is 0 Å². The molecule has 2 aliphatic rings. The van der Waals surface area contributed by atoms with Gasteiger partial charge in [-0.25, -0.2) is 9.59 Å². The normalized spacial score (nSPS) is 21.0. The minimum atomic E-state index is -1.13. The number of aliphatic imine (C=N–C) groups is 1. The number of hydrogen-bond donors (Lipinski definition) is 5. The van der Waals surface area contributed by atoms with Crippen molar-refractivity contribution in [3.8, 4) is 5.75 Å². The van der Waals surface area contributed by atoms with E-state index in [1.165, 1.54) is 4.90 Å². The van der Waals surface area contributed by atoms with E-state index in [-0.39, 0.29) is 43.8 Å². The average molecular weight is 702 g/mol. The number of rotatable bonds is 23. The van der Waals surface area contributed by atoms with Crippen molar-refractivity contribution in [3.63, 3.8) is 0 Å². The third-order valence-corrected chi connectivity index (χ3v) is 7.74. The molecule has 4 amide bonds. The van der Waals surface area contributed by atoms with E-state index in [2.05, 4.69) is 15.6 Å². The number of nitrogens with one attached hydrogen (secondary N) is 2. The van der Waals surface area contributed by atoms with E-state index in [0.29, 0.717) is 77.9 Å². The minimum absolute atomic E-state index is 0.0313. The van der Waals surface area contributed by atoms with Gasteiger partial charge in [0.1, 0.15) is 37.0 Å². The first-order chi connectivity index (χ1) is 23.3. The molecule has 270 valence electrons. The summed E-state index contributed by atoms with van der Waals surface area (Å²) in [5.41, 5.74) is 6.75. The Balaban J connectivity index is 1.22. The Hall–Kier alpha value is -3.15. The van der Waals surface area contributed by atoms with Crippen molar-refractivity contribution in [2.75, 3.05) is 72.5 Å². The molecule has 5 atom stereocenters. The topological polar surface area (TPSA) is 222 Å². The highest BCUT2D eigenvalue weighted by molar-refractivity contribution is 7.25. The molecule has 1 fully saturated rings. The molecular formula is C30H48N5O12P. The maximum Gasteiger partial charge on any atom is 0.407 e. The second-order valence-corrected chi connectivity index (χ2v) is 11.2. The number of nitrogens with two attached hydrogens (primary N) is 1. The number of urea groups is 1. The Morgan fingerprint density at radius 3 is 2.52 bits per heavy atom. The molecule has 0 aromatic heterocycles. The van der Waals surface area contributed by atoms with Crippen LogP contribution in [0.15, 0.2) is 29.3 Å². The zero-order chi connectivity index (χ0) is 34.6. The van der Waals surface area contributed by atoms with Crippen LogP contribution in [0.4, 0.5) is 9.59 Å². The number of aliphatic hydroxyl groups excluding tert-OH is 1. The van der Waals surface area contributed by atoms with Gasteiger partial charge in [-0.1, -0.05) is 12.1 Å². The smallest absolute Gasteiger partial charge is 0.407 e. The summed E-state index contributed by atoms with van der Waals surface area (Å²) < 4.78 is 37.4. The number of alkyl carbamates (subject to hydrolysis) is 1. The van der Waals surface area contributed by atoms with Gasteiger partial charge in [0, 0.05) is 32.0 Å². The number of carbonyl (C=O) groups excluding carboxylic acids is 3. The fourth-order valence-corrected chi connectivity index (χ4v) is 5.11. The van der Waals surface area contributed by atoms with Gasteiger partial charge in [-0.3, -0.25) is 9.69 Å². The lowest BCUT2D eigenvalue weighted by molar-refractivity contribution is -0.122. The number of aliphatic hydroxyl groups is 1. The Labute approximate surface area is 281 Å². The number of nitrogens with zero attached hydrogens (tertiary/aromatic N) is 2. The average Bonchev–Trinajstić information content (AvgIpc) is 3.44. The second-order valence-electron chi connectivity index (χ2n) is 10.8. The van der Waals surface area contributed by atoms with Crippen LogP contribution in [0, 0.1) is 5.92 Å². The highest BCUT2D eigenvalue weighted by atomic mass is 31.1. The van der Waals surface area contributed by atoms with Gasteiger partial charge in [0.15, 0.2) is 15.3 Å². The van der Waals surface area contributed by atoms with Gasteiger partial charge in [-0.05, 0) is 37.5 Å². The summed E-state index contributed by atoms with van der Waals surface area (Å²) >= 11 is 0. The predicted molar refractivity (Wildman–Crippen MR) is 173 cm³/mol. The Kier molecular flexibility index (Phi) is 18.4. The summed E-state index contributed by atoms with van der Waals surface area (Å²) in [5.74, 6) is 0.376. The molecule has 17 nitrogen and oxygen atoms in total. The van der Waals surface area contributed by atoms with Gasteiger partial charge < -0.3 is 59.3 Å². The molecule has 0 saturated carbocycles. The van der Waals surface area contributed by atoms with Crippen molar-refractivity contribution in [2.45, 2.75) is 51.2 Å². The molecule has 3 rings (SSSR count). The molecule has 0 bridgehead atoms. The van der Waals surface area contributed by atoms with Crippen molar-refractivity contribution in [2.24, 2.45) is 16.6 Å². The van der Waals surface area contributed by atoms with Gasteiger partial charge in [0.2, 0.25) is 5.91 Å². The summed E-state index contributed by atoms with van der Waals surface area (Å²) in [6.45, 7) is 6.08. The maximum atomic E-state index is 12.4. The van der Waals surface area contributed by atoms with Crippen LogP contribution in [-0.4, -0.2) is 130 Å². The first-order valence-electron chi connectivity index (χ1n) is 15.9. The van der Waals surface area contributed by atoms with Crippen LogP contribution in [0.1, 0.15) is 31.7 Å². The van der Waals surface area contributed by atoms with E-state index in [4.69, 9.17) is 43.6 Å². The lowest BCUT2D eigenvalue weighted by Gasteiger charge is -2.35. The molecule has 2 heterocycles. The van der Waals surface area contributed by atoms with E-state index in [1.807, 2.05) is 6.92 Å². The van der Waals surface area contributed by atoms with Crippen molar-refractivity contribution in [3.05, 3.63) is 29.8 Å². The van der Waals surface area contributed by atoms with E-state index in [9.17, 15) is 19.5 Å². The Morgan fingerprint density at radius 1 is 1.06 bits per heavy atom. The summed E-state index contributed by atoms with van der Waals surface area (Å²) in [6, 6.07) is 6.45. The fourth-order valence-electron chi connectivity index (χ4n) is 4.76. The van der Waals surface area contributed by atoms with Crippen LogP contribution in [-0.2, 0) is 39.6 Å². The second kappa shape index (κ2) is 22.5. The van der Waals surface area contributed by atoms with Gasteiger partial charge in [0.05, 0.1) is 46.2 Å². The third-order valence-electron chi connectivity index (χ3n) is 7.33. The number of ether oxygens (including phenoxy) is 6. The quantitative estimate of drug-likeness (QED) is 0.0783. The lowest BCUT2D eigenvalue weighted by Crippen LogP contribution is -2.53. The van der Waals surface area contributed by atoms with Crippen LogP contribution in [0.3, 0.4) is 0 Å². The first-order valence-corrected chi connectivity index (χ1v) is 16.8. The highest BCUT2D eigenvalue weighted by Gasteiger charge is 2.44. The van der Waals surface area contributed by atoms with Crippen molar-refractivity contribution in [1.82, 2.24) is 15.5 Å². The van der Waals surface area contributed by atoms with Gasteiger partial charge in [-0.2, -0.15) is 4.99 Å². The van der Waals surface area contributed by atoms with E-state index < -0.39 is 39.6 Å². The monoisotopic (exact) mass is 701 g/mol. The van der Waals surface area contributed by atoms with Crippen LogP contribution < -0.4 is 21.1 Å². The summed E-state index contributed by atoms with van der Waals surface area (Å²) in [4.78, 5) is 50.7. The fraction of sp³-hybridized carbons (Fsp3) is 0.667. The van der Waals surface area contributed by atoms with Crippen LogP contribution >= 0.6 is 9.03 Å². The summed E-state index contributed by atoms with van der Waals surface area (Å²) in [7, 11) is -0.811. The molecule has 1 aromatic carbocycles. The molecule has 1 aromatic rings. The molecule has 2 aliphatic heterocycles. The molecule has 4 unspecified atom stereocenters. The molecule has 0 spiro atoms. The number of hydrogen-bond acceptors (Lipinski definition) is 13. The maximum absolute atomic E-state index is 12.4. The van der Waals surface area contributed by atoms with Crippen molar-refractivity contribution >= 4 is 32.9 Å². The highest BCUT2D eigenvalue weighted by Crippen LogP contribution is 2.28. The van der Waals surface area contributed by atoms with E-state index in [1.54, 1.807) is 24.3 Å². The third kappa shape index (κ3) is 14.1. The zero-order valence-electron chi connectivity index (χ0n) is 27.2. The Bertz CT molecular complexity index is 1150. The summed E-state index contributed by atoms with van der Waals surface area (Å²) in [5, 5.41) is 15.9. The summed E-state index contributed by atoms with van der Waals surface area (Å²) in [6.07, 6.45) is -2.11. The molecule has 0 aliphatic carbocycles. The number of amides is 4. The predicted octanol–water partition coefficient (Wildman–Crippen LogP) is 0.660. The van der Waals surface area contributed by atoms with Crippen molar-refractivity contribution < 1.29 is 57.3 Å². The molecule has 18 heteroatoms. The SMILES string of the molecule is CCOCCOCCOCCC(=O)NCCOc1ccc(COC(=O)NCCCC2CN([C@@H]3OCC(OPO)C3O)C(=O)N=C2N)cc1. The molecule has 48 heavy (non-hydrogen) atoms. The van der Waals surface area contributed by atoms with Crippen LogP contribution in [0.5, 0.6) is 5.75 Å². The first kappa shape index (κ1) is 39.3. The largest absolute Gasteiger partial charge is 0.492 e. The van der Waals surface area contributed by atoms with E-state index >= 15 is 0 Å². The number of carbonyl (C=O) groups is 3. The number of amidine groups is 1. The molecule has 1 saturated heterocycles. The molecular weight excluding hydrogens is 653 g/mol. The van der Waals surface area contributed by atoms with Gasteiger partial charge in [-0.15, -0.1) is 0 Å². The van der Waals surface area contributed by atoms with Crippen LogP contribution in [0.25, 0.3) is 0 Å². The zero-order valence-corrected chi connectivity index (χ0v) is 28.2. The molecule has 6 N–H and O–H groups in total. The minimum Gasteiger partial charge on any atom is -0.492 e. The van der Waals surface area contributed by atoms with E-state index in [0.717, 1.165) is 5.56 Å². The number of benzene rings is 1. The lowest BCUT2D eigenvalue weighted by atomic mass is 9.99. The van der Waals surface area contributed by atoms with Gasteiger partial charge in [0.25, 0.3) is 0 Å². The van der Waals surface area contributed by atoms with Crippen LogP contribution in [0.2, 0.25) is 0 Å². The molecule has 0 radical (unpaired) electrons. The standard InChI is InChI=1S/C30H48N5O12P/c1-2-41-14-15-43-17-16-42-12-9-25(36)32-11-13-44-23-7-5-21(6-8-23)19-46-30(39)33-10-3-4-22-18-35(29(38)34-27(22)31)28-26(37)24(20-45-28)47-48-40/h5-8,22,24,26,28,37,40,48H,2-4,9-20H2,1H3,(H,32,36)(H,33,39)(H2,31,34,38)/t22?,24?,26?,28-/m1/s1. The Morgan fingerprint density at radius 2 is 1.79 bits per heavy atom. The van der Waals surface area contributed by atoms with Gasteiger partial charge >= 0.3 is 12.1 Å².